The number of carbonyl (C=O) groups is 2. The molecule has 0 N–H and O–H groups in total. The Kier molecular flexibility index (Phi) is 1.23. The Bertz CT molecular complexity index is 208. The summed E-state index contributed by atoms with van der Waals surface area (Å²) in [5.41, 5.74) is 0. The molecule has 4 unspecified atom stereocenters. The van der Waals surface area contributed by atoms with Gasteiger partial charge < -0.3 is 0 Å². The molecule has 0 aromatic rings. The Hall–Kier alpha value is -0.660. The Balaban J connectivity index is 2.35. The molecule has 0 radical (unpaired) electrons. The lowest BCUT2D eigenvalue weighted by Crippen LogP contribution is -2.32. The molecular weight excluding hydrogens is 140 g/mol. The largest absolute Gasteiger partial charge is 0.291 e. The van der Waals surface area contributed by atoms with Crippen LogP contribution in [0.4, 0.5) is 0 Å². The van der Waals surface area contributed by atoms with Crippen molar-refractivity contribution in [3.63, 3.8) is 0 Å². The summed E-state index contributed by atoms with van der Waals surface area (Å²) >= 11 is 0. The predicted molar refractivity (Wildman–Crippen MR) is 39.9 cm³/mol. The molecule has 0 saturated heterocycles. The van der Waals surface area contributed by atoms with E-state index >= 15 is 0 Å². The highest BCUT2D eigenvalue weighted by atomic mass is 16.2. The third-order valence-corrected chi connectivity index (χ3v) is 3.52. The van der Waals surface area contributed by atoms with Crippen LogP contribution >= 0.6 is 0 Å². The summed E-state index contributed by atoms with van der Waals surface area (Å²) in [5, 5.41) is 0. The minimum atomic E-state index is -0.0967. The predicted octanol–water partition coefficient (Wildman–Crippen LogP) is 1.05. The fourth-order valence-electron chi connectivity index (χ4n) is 2.49. The van der Waals surface area contributed by atoms with Crippen LogP contribution in [-0.2, 0) is 9.59 Å². The third kappa shape index (κ3) is 0.673. The molecule has 2 rings (SSSR count). The van der Waals surface area contributed by atoms with Gasteiger partial charge in [0.2, 0.25) is 11.6 Å². The maximum atomic E-state index is 11.2. The molecule has 2 saturated carbocycles. The van der Waals surface area contributed by atoms with E-state index in [1.807, 2.05) is 0 Å². The molecule has 0 amide bonds. The van der Waals surface area contributed by atoms with Crippen molar-refractivity contribution >= 4 is 11.6 Å². The third-order valence-electron chi connectivity index (χ3n) is 3.52. The summed E-state index contributed by atoms with van der Waals surface area (Å²) in [6.07, 6.45) is 0.833. The van der Waals surface area contributed by atoms with Crippen LogP contribution in [0.15, 0.2) is 0 Å². The van der Waals surface area contributed by atoms with Crippen molar-refractivity contribution in [3.05, 3.63) is 0 Å². The molecule has 2 nitrogen and oxygen atoms in total. The van der Waals surface area contributed by atoms with Crippen molar-refractivity contribution in [1.82, 2.24) is 0 Å². The minimum absolute atomic E-state index is 0.0718. The van der Waals surface area contributed by atoms with Crippen LogP contribution in [0.1, 0.15) is 20.3 Å². The first-order valence-electron chi connectivity index (χ1n) is 4.21. The Morgan fingerprint density at radius 3 is 1.64 bits per heavy atom. The monoisotopic (exact) mass is 152 g/mol. The summed E-state index contributed by atoms with van der Waals surface area (Å²) in [6.45, 7) is 4.17. The lowest BCUT2D eigenvalue weighted by Gasteiger charge is -2.22. The summed E-state index contributed by atoms with van der Waals surface area (Å²) < 4.78 is 0. The van der Waals surface area contributed by atoms with Gasteiger partial charge in [0.25, 0.3) is 0 Å². The van der Waals surface area contributed by atoms with Crippen molar-refractivity contribution in [1.29, 1.82) is 0 Å². The molecule has 2 fully saturated rings. The zero-order chi connectivity index (χ0) is 8.17. The number of ketones is 2. The van der Waals surface area contributed by atoms with Gasteiger partial charge in [-0.3, -0.25) is 9.59 Å². The number of hydrogen-bond acceptors (Lipinski definition) is 2. The van der Waals surface area contributed by atoms with E-state index in [2.05, 4.69) is 13.8 Å². The van der Waals surface area contributed by atoms with Gasteiger partial charge in [0, 0.05) is 11.8 Å². The van der Waals surface area contributed by atoms with E-state index < -0.39 is 0 Å². The van der Waals surface area contributed by atoms with Crippen molar-refractivity contribution in [2.75, 3.05) is 0 Å². The number of hydrogen-bond donors (Lipinski definition) is 0. The van der Waals surface area contributed by atoms with Gasteiger partial charge in [-0.15, -0.1) is 0 Å². The first-order chi connectivity index (χ1) is 5.13. The molecule has 0 aliphatic heterocycles. The smallest absolute Gasteiger partial charge is 0.202 e. The summed E-state index contributed by atoms with van der Waals surface area (Å²) in [4.78, 5) is 22.3. The Labute approximate surface area is 66.0 Å². The highest BCUT2D eigenvalue weighted by molar-refractivity contribution is 6.41. The van der Waals surface area contributed by atoms with Gasteiger partial charge in [-0.2, -0.15) is 0 Å². The van der Waals surface area contributed by atoms with Crippen molar-refractivity contribution < 1.29 is 9.59 Å². The van der Waals surface area contributed by atoms with E-state index in [1.54, 1.807) is 0 Å². The molecule has 0 spiro atoms. The van der Waals surface area contributed by atoms with Gasteiger partial charge in [-0.25, -0.2) is 0 Å². The fourth-order valence-corrected chi connectivity index (χ4v) is 2.49. The topological polar surface area (TPSA) is 34.1 Å². The van der Waals surface area contributed by atoms with E-state index in [4.69, 9.17) is 0 Å². The van der Waals surface area contributed by atoms with Gasteiger partial charge in [-0.05, 0) is 18.3 Å². The second-order valence-corrected chi connectivity index (χ2v) is 3.90. The summed E-state index contributed by atoms with van der Waals surface area (Å²) in [6, 6.07) is 0. The normalized spacial score (nSPS) is 48.9. The molecule has 2 bridgehead atoms. The van der Waals surface area contributed by atoms with Crippen LogP contribution in [0, 0.1) is 23.7 Å². The summed E-state index contributed by atoms with van der Waals surface area (Å²) in [7, 11) is 0. The van der Waals surface area contributed by atoms with Crippen LogP contribution in [0.2, 0.25) is 0 Å². The molecule has 0 heterocycles. The molecule has 2 aliphatic rings. The average Bonchev–Trinajstić information content (AvgIpc) is 2.40. The highest BCUT2D eigenvalue weighted by Gasteiger charge is 2.54. The SMILES string of the molecule is CC1C2CC(C(=O)C2=O)C1C. The second-order valence-electron chi connectivity index (χ2n) is 3.90. The van der Waals surface area contributed by atoms with Crippen molar-refractivity contribution in [2.45, 2.75) is 20.3 Å². The Morgan fingerprint density at radius 2 is 1.36 bits per heavy atom. The fraction of sp³-hybridized carbons (Fsp3) is 0.778. The van der Waals surface area contributed by atoms with Crippen molar-refractivity contribution in [3.8, 4) is 0 Å². The number of carbonyl (C=O) groups excluding carboxylic acids is 2. The van der Waals surface area contributed by atoms with Crippen LogP contribution in [0.3, 0.4) is 0 Å². The quantitative estimate of drug-likeness (QED) is 0.486. The van der Waals surface area contributed by atoms with Crippen LogP contribution in [0.25, 0.3) is 0 Å². The van der Waals surface area contributed by atoms with E-state index in [9.17, 15) is 9.59 Å². The van der Waals surface area contributed by atoms with Gasteiger partial charge >= 0.3 is 0 Å². The summed E-state index contributed by atoms with van der Waals surface area (Å²) in [5.74, 6) is 0.821. The van der Waals surface area contributed by atoms with E-state index in [-0.39, 0.29) is 23.4 Å². The molecule has 11 heavy (non-hydrogen) atoms. The maximum absolute atomic E-state index is 11.2. The first kappa shape index (κ1) is 7.01. The van der Waals surface area contributed by atoms with E-state index in [1.165, 1.54) is 0 Å². The van der Waals surface area contributed by atoms with Gasteiger partial charge in [0.1, 0.15) is 0 Å². The first-order valence-corrected chi connectivity index (χ1v) is 4.21. The molecular formula is C9H12O2. The molecule has 0 aromatic carbocycles. The minimum Gasteiger partial charge on any atom is -0.291 e. The van der Waals surface area contributed by atoms with Crippen molar-refractivity contribution in [2.24, 2.45) is 23.7 Å². The van der Waals surface area contributed by atoms with Gasteiger partial charge in [0.15, 0.2) is 0 Å². The number of rotatable bonds is 0. The lowest BCUT2D eigenvalue weighted by atomic mass is 9.80. The molecule has 60 valence electrons. The maximum Gasteiger partial charge on any atom is 0.202 e. The number of Topliss-reactive ketones (excluding diaryl/α,β-unsaturated/α-hetero) is 2. The Morgan fingerprint density at radius 1 is 1.00 bits per heavy atom. The molecule has 4 atom stereocenters. The molecule has 2 aliphatic carbocycles. The van der Waals surface area contributed by atoms with Gasteiger partial charge in [0.05, 0.1) is 0 Å². The second kappa shape index (κ2) is 1.93. The average molecular weight is 152 g/mol. The lowest BCUT2D eigenvalue weighted by molar-refractivity contribution is -0.141. The van der Waals surface area contributed by atoms with E-state index in [0.29, 0.717) is 11.8 Å². The zero-order valence-corrected chi connectivity index (χ0v) is 6.83. The van der Waals surface area contributed by atoms with Gasteiger partial charge in [-0.1, -0.05) is 13.8 Å². The van der Waals surface area contributed by atoms with E-state index in [0.717, 1.165) is 6.42 Å². The standard InChI is InChI=1S/C9H12O2/c1-4-5(2)7-3-6(4)8(10)9(7)11/h4-7H,3H2,1-2H3. The van der Waals surface area contributed by atoms with Crippen LogP contribution in [-0.4, -0.2) is 11.6 Å². The van der Waals surface area contributed by atoms with Crippen LogP contribution < -0.4 is 0 Å². The molecule has 0 aromatic heterocycles. The number of fused-ring (bicyclic) bond motifs is 2. The zero-order valence-electron chi connectivity index (χ0n) is 6.83. The van der Waals surface area contributed by atoms with Crippen LogP contribution in [0.5, 0.6) is 0 Å². The molecule has 2 heteroatoms. The highest BCUT2D eigenvalue weighted by Crippen LogP contribution is 2.47.